The normalized spacial score (nSPS) is 47.5. The molecule has 0 amide bonds. The van der Waals surface area contributed by atoms with E-state index in [1.807, 2.05) is 0 Å². The molecule has 0 spiro atoms. The first kappa shape index (κ1) is 18.9. The van der Waals surface area contributed by atoms with Crippen molar-refractivity contribution in [1.82, 2.24) is 4.90 Å². The van der Waals surface area contributed by atoms with Crippen LogP contribution < -0.4 is 0 Å². The van der Waals surface area contributed by atoms with Crippen molar-refractivity contribution in [3.8, 4) is 0 Å². The smallest absolute Gasteiger partial charge is 0.141 e. The second kappa shape index (κ2) is 6.72. The van der Waals surface area contributed by atoms with E-state index in [9.17, 15) is 0 Å². The van der Waals surface area contributed by atoms with Crippen LogP contribution >= 0.6 is 0 Å². The van der Waals surface area contributed by atoms with Crippen molar-refractivity contribution >= 4 is 5.71 Å². The van der Waals surface area contributed by atoms with Gasteiger partial charge in [0.15, 0.2) is 0 Å². The molecular weight excluding hydrogens is 344 g/mol. The quantitative estimate of drug-likeness (QED) is 0.460. The number of allylic oxidation sites excluding steroid dienone is 3. The average molecular weight is 383 g/mol. The van der Waals surface area contributed by atoms with Gasteiger partial charge in [-0.25, -0.2) is 0 Å². The minimum atomic E-state index is 0.284. The lowest BCUT2D eigenvalue weighted by atomic mass is 9.47. The molecule has 0 aromatic heterocycles. The van der Waals surface area contributed by atoms with Crippen LogP contribution in [-0.4, -0.2) is 36.9 Å². The van der Waals surface area contributed by atoms with Gasteiger partial charge in [0, 0.05) is 19.5 Å². The Morgan fingerprint density at radius 2 is 1.86 bits per heavy atom. The van der Waals surface area contributed by atoms with Gasteiger partial charge in [-0.3, -0.25) is 0 Å². The van der Waals surface area contributed by atoms with Gasteiger partial charge in [0.25, 0.3) is 0 Å². The largest absolute Gasteiger partial charge is 0.391 e. The molecule has 28 heavy (non-hydrogen) atoms. The van der Waals surface area contributed by atoms with Gasteiger partial charge in [-0.1, -0.05) is 36.7 Å². The third-order valence-corrected chi connectivity index (χ3v) is 9.60. The van der Waals surface area contributed by atoms with Crippen LogP contribution in [0.2, 0.25) is 0 Å². The molecule has 0 N–H and O–H groups in total. The fraction of sp³-hybridized carbons (Fsp3) is 0.800. The van der Waals surface area contributed by atoms with Gasteiger partial charge >= 0.3 is 0 Å². The molecule has 5 aliphatic rings. The molecule has 0 aromatic rings. The number of rotatable bonds is 2. The van der Waals surface area contributed by atoms with Crippen molar-refractivity contribution in [2.75, 3.05) is 20.1 Å². The number of fused-ring (bicyclic) bond motifs is 5. The zero-order chi connectivity index (χ0) is 19.5. The number of oxime groups is 1. The average Bonchev–Trinajstić information content (AvgIpc) is 3.23. The van der Waals surface area contributed by atoms with Gasteiger partial charge in [0.1, 0.15) is 6.10 Å². The summed E-state index contributed by atoms with van der Waals surface area (Å²) in [7, 11) is 2.16. The summed E-state index contributed by atoms with van der Waals surface area (Å²) in [5, 5.41) is 4.60. The molecule has 3 saturated carbocycles. The monoisotopic (exact) mass is 382 g/mol. The second-order valence-electron chi connectivity index (χ2n) is 11.0. The summed E-state index contributed by atoms with van der Waals surface area (Å²) in [6.07, 6.45) is 14.2. The van der Waals surface area contributed by atoms with Crippen LogP contribution in [0, 0.1) is 28.6 Å². The maximum atomic E-state index is 5.91. The lowest BCUT2D eigenvalue weighted by Gasteiger charge is -2.57. The van der Waals surface area contributed by atoms with Crippen molar-refractivity contribution in [1.29, 1.82) is 0 Å². The molecule has 1 heterocycles. The summed E-state index contributed by atoms with van der Waals surface area (Å²) in [6.45, 7) is 11.7. The zero-order valence-electron chi connectivity index (χ0n) is 18.2. The molecule has 4 fully saturated rings. The van der Waals surface area contributed by atoms with E-state index in [1.165, 1.54) is 50.7 Å². The Bertz CT molecular complexity index is 724. The minimum absolute atomic E-state index is 0.284. The van der Waals surface area contributed by atoms with E-state index in [4.69, 9.17) is 4.84 Å². The highest BCUT2D eigenvalue weighted by Crippen LogP contribution is 2.66. The first-order chi connectivity index (χ1) is 13.4. The predicted octanol–water partition coefficient (Wildman–Crippen LogP) is 5.58. The summed E-state index contributed by atoms with van der Waals surface area (Å²) in [5.74, 6) is 2.65. The van der Waals surface area contributed by atoms with Crippen LogP contribution in [0.25, 0.3) is 0 Å². The van der Waals surface area contributed by atoms with E-state index in [0.717, 1.165) is 43.7 Å². The summed E-state index contributed by atoms with van der Waals surface area (Å²) in [4.78, 5) is 8.24. The van der Waals surface area contributed by atoms with Crippen LogP contribution in [0.4, 0.5) is 0 Å². The fourth-order valence-corrected chi connectivity index (χ4v) is 7.67. The molecular formula is C25H38N2O. The van der Waals surface area contributed by atoms with Gasteiger partial charge < -0.3 is 9.74 Å². The summed E-state index contributed by atoms with van der Waals surface area (Å²) >= 11 is 0. The second-order valence-corrected chi connectivity index (χ2v) is 11.0. The Morgan fingerprint density at radius 1 is 1.04 bits per heavy atom. The number of likely N-dealkylation sites (tertiary alicyclic amines) is 1. The zero-order valence-corrected chi connectivity index (χ0v) is 18.2. The van der Waals surface area contributed by atoms with E-state index in [-0.39, 0.29) is 6.10 Å². The van der Waals surface area contributed by atoms with Crippen molar-refractivity contribution in [3.05, 3.63) is 23.8 Å². The van der Waals surface area contributed by atoms with E-state index < -0.39 is 0 Å². The Kier molecular flexibility index (Phi) is 4.54. The Labute approximate surface area is 171 Å². The molecule has 3 nitrogen and oxygen atoms in total. The fourth-order valence-electron chi connectivity index (χ4n) is 7.67. The van der Waals surface area contributed by atoms with E-state index in [1.54, 1.807) is 11.1 Å². The van der Waals surface area contributed by atoms with Gasteiger partial charge in [0.2, 0.25) is 0 Å². The number of likely N-dealkylation sites (N-methyl/N-ethyl adjacent to an activating group) is 1. The van der Waals surface area contributed by atoms with Crippen molar-refractivity contribution in [2.45, 2.75) is 77.7 Å². The Balaban J connectivity index is 1.34. The molecule has 4 aliphatic carbocycles. The van der Waals surface area contributed by atoms with E-state index >= 15 is 0 Å². The molecule has 0 bridgehead atoms. The standard InChI is InChI=1S/C25H38N2O/c1-17-5-8-22-21-7-6-18-15-19(26-28-20-11-14-27(4)16-20)9-12-25(18,3)23(21)10-13-24(17,22)2/h15,20-23H,1,5-14,16H2,2-4H3/t20?,21?,22?,23?,24-,25+/m1/s1. The molecule has 0 radical (unpaired) electrons. The predicted molar refractivity (Wildman–Crippen MR) is 115 cm³/mol. The first-order valence-corrected chi connectivity index (χ1v) is 11.7. The summed E-state index contributed by atoms with van der Waals surface area (Å²) < 4.78 is 0. The number of hydrogen-bond donors (Lipinski definition) is 0. The lowest BCUT2D eigenvalue weighted by molar-refractivity contribution is -0.0227. The topological polar surface area (TPSA) is 24.8 Å². The first-order valence-electron chi connectivity index (χ1n) is 11.7. The molecule has 0 aromatic carbocycles. The third kappa shape index (κ3) is 2.83. The van der Waals surface area contributed by atoms with Crippen molar-refractivity contribution in [2.24, 2.45) is 33.7 Å². The molecule has 1 saturated heterocycles. The van der Waals surface area contributed by atoms with Crippen molar-refractivity contribution in [3.63, 3.8) is 0 Å². The molecule has 1 aliphatic heterocycles. The van der Waals surface area contributed by atoms with Gasteiger partial charge in [0.05, 0.1) is 5.71 Å². The molecule has 154 valence electrons. The van der Waals surface area contributed by atoms with Crippen molar-refractivity contribution < 1.29 is 4.84 Å². The highest BCUT2D eigenvalue weighted by atomic mass is 16.6. The van der Waals surface area contributed by atoms with Crippen LogP contribution in [0.15, 0.2) is 29.0 Å². The number of nitrogens with zero attached hydrogens (tertiary/aromatic N) is 2. The SMILES string of the molecule is C=C1CCC2C3CCC4=CC(=NOC5CCN(C)C5)CC[C@]4(C)C3CC[C@]12C. The number of hydrogen-bond acceptors (Lipinski definition) is 3. The van der Waals surface area contributed by atoms with Gasteiger partial charge in [-0.15, -0.1) is 0 Å². The van der Waals surface area contributed by atoms with Gasteiger partial charge in [-0.05, 0) is 93.1 Å². The van der Waals surface area contributed by atoms with Crippen LogP contribution in [-0.2, 0) is 4.84 Å². The minimum Gasteiger partial charge on any atom is -0.391 e. The Hall–Kier alpha value is -1.09. The van der Waals surface area contributed by atoms with Crippen LogP contribution in [0.5, 0.6) is 0 Å². The molecule has 6 atom stereocenters. The summed E-state index contributed by atoms with van der Waals surface area (Å²) in [5.41, 5.74) is 5.24. The van der Waals surface area contributed by atoms with E-state index in [0.29, 0.717) is 10.8 Å². The molecule has 5 rings (SSSR count). The van der Waals surface area contributed by atoms with Crippen LogP contribution in [0.3, 0.4) is 0 Å². The highest BCUT2D eigenvalue weighted by Gasteiger charge is 2.57. The molecule has 3 heteroatoms. The Morgan fingerprint density at radius 3 is 2.64 bits per heavy atom. The summed E-state index contributed by atoms with van der Waals surface area (Å²) in [6, 6.07) is 0. The highest BCUT2D eigenvalue weighted by molar-refractivity contribution is 5.96. The lowest BCUT2D eigenvalue weighted by Crippen LogP contribution is -2.49. The van der Waals surface area contributed by atoms with Gasteiger partial charge in [-0.2, -0.15) is 0 Å². The maximum Gasteiger partial charge on any atom is 0.141 e. The molecule has 4 unspecified atom stereocenters. The van der Waals surface area contributed by atoms with Crippen LogP contribution in [0.1, 0.15) is 71.6 Å². The third-order valence-electron chi connectivity index (χ3n) is 9.60. The maximum absolute atomic E-state index is 5.91. The van der Waals surface area contributed by atoms with E-state index in [2.05, 4.69) is 43.6 Å².